The van der Waals surface area contributed by atoms with E-state index in [0.717, 1.165) is 29.6 Å². The van der Waals surface area contributed by atoms with E-state index in [-0.39, 0.29) is 5.91 Å². The van der Waals surface area contributed by atoms with Gasteiger partial charge in [0, 0.05) is 23.5 Å². The van der Waals surface area contributed by atoms with Crippen LogP contribution >= 0.6 is 0 Å². The van der Waals surface area contributed by atoms with Crippen molar-refractivity contribution in [1.29, 1.82) is 0 Å². The molecule has 2 aromatic rings. The van der Waals surface area contributed by atoms with Crippen molar-refractivity contribution in [2.75, 3.05) is 34.3 Å². The van der Waals surface area contributed by atoms with E-state index in [2.05, 4.69) is 15.2 Å². The number of amides is 1. The number of carbonyl (C=O) groups excluding carboxylic acids is 1. The molecule has 0 fully saturated rings. The van der Waals surface area contributed by atoms with Crippen LogP contribution in [-0.2, 0) is 0 Å². The molecule has 0 aliphatic rings. The number of aromatic nitrogens is 1. The largest absolute Gasteiger partial charge is 0.497 e. The van der Waals surface area contributed by atoms with Crippen LogP contribution in [-0.4, -0.2) is 50.1 Å². The van der Waals surface area contributed by atoms with Crippen molar-refractivity contribution in [3.8, 4) is 5.75 Å². The minimum absolute atomic E-state index is 0.0704. The van der Waals surface area contributed by atoms with E-state index in [4.69, 9.17) is 4.74 Å². The maximum absolute atomic E-state index is 12.0. The minimum Gasteiger partial charge on any atom is -0.497 e. The number of H-pyrrole nitrogens is 1. The molecule has 20 heavy (non-hydrogen) atoms. The molecular weight excluding hydrogens is 254 g/mol. The molecular formula is C15H21N3O2. The first-order valence-electron chi connectivity index (χ1n) is 6.70. The summed E-state index contributed by atoms with van der Waals surface area (Å²) in [7, 11) is 5.67. The van der Waals surface area contributed by atoms with Gasteiger partial charge in [0.15, 0.2) is 0 Å². The lowest BCUT2D eigenvalue weighted by Crippen LogP contribution is -2.27. The normalized spacial score (nSPS) is 11.0. The monoisotopic (exact) mass is 275 g/mol. The maximum atomic E-state index is 12.0. The number of benzene rings is 1. The molecule has 5 heteroatoms. The zero-order valence-corrected chi connectivity index (χ0v) is 12.2. The van der Waals surface area contributed by atoms with Gasteiger partial charge in [0.1, 0.15) is 11.4 Å². The van der Waals surface area contributed by atoms with Crippen LogP contribution in [0.1, 0.15) is 16.9 Å². The standard InChI is InChI=1S/C15H21N3O2/c1-18(2)8-4-7-16-15(19)14-9-11-5-6-12(20-3)10-13(11)17-14/h5-6,9-10,17H,4,7-8H2,1-3H3,(H,16,19). The Morgan fingerprint density at radius 3 is 2.85 bits per heavy atom. The number of rotatable bonds is 6. The van der Waals surface area contributed by atoms with Crippen molar-refractivity contribution in [2.45, 2.75) is 6.42 Å². The number of hydrogen-bond acceptors (Lipinski definition) is 3. The van der Waals surface area contributed by atoms with Crippen LogP contribution in [0.25, 0.3) is 10.9 Å². The van der Waals surface area contributed by atoms with E-state index >= 15 is 0 Å². The molecule has 1 amide bonds. The molecule has 5 nitrogen and oxygen atoms in total. The highest BCUT2D eigenvalue weighted by Crippen LogP contribution is 2.21. The SMILES string of the molecule is COc1ccc2cc(C(=O)NCCCN(C)C)[nH]c2c1. The fraction of sp³-hybridized carbons (Fsp3) is 0.400. The Bertz CT molecular complexity index is 590. The second-order valence-electron chi connectivity index (χ2n) is 5.05. The van der Waals surface area contributed by atoms with Crippen LogP contribution in [0, 0.1) is 0 Å². The Morgan fingerprint density at radius 1 is 1.35 bits per heavy atom. The van der Waals surface area contributed by atoms with Crippen molar-refractivity contribution in [1.82, 2.24) is 15.2 Å². The van der Waals surface area contributed by atoms with Crippen LogP contribution in [0.4, 0.5) is 0 Å². The van der Waals surface area contributed by atoms with E-state index in [1.165, 1.54) is 0 Å². The Balaban J connectivity index is 1.99. The molecule has 0 saturated heterocycles. The highest BCUT2D eigenvalue weighted by atomic mass is 16.5. The van der Waals surface area contributed by atoms with Gasteiger partial charge in [-0.05, 0) is 45.3 Å². The number of fused-ring (bicyclic) bond motifs is 1. The summed E-state index contributed by atoms with van der Waals surface area (Å²) in [6.07, 6.45) is 0.937. The van der Waals surface area contributed by atoms with Crippen LogP contribution in [0.5, 0.6) is 5.75 Å². The molecule has 108 valence electrons. The highest BCUT2D eigenvalue weighted by molar-refractivity contribution is 5.98. The Labute approximate surface area is 118 Å². The first-order chi connectivity index (χ1) is 9.60. The van der Waals surface area contributed by atoms with Gasteiger partial charge in [-0.15, -0.1) is 0 Å². The molecule has 1 aromatic carbocycles. The Hall–Kier alpha value is -2.01. The number of carbonyl (C=O) groups is 1. The summed E-state index contributed by atoms with van der Waals surface area (Å²) in [5.41, 5.74) is 1.49. The van der Waals surface area contributed by atoms with Crippen molar-refractivity contribution in [3.05, 3.63) is 30.0 Å². The first kappa shape index (κ1) is 14.4. The van der Waals surface area contributed by atoms with Crippen molar-refractivity contribution in [2.24, 2.45) is 0 Å². The van der Waals surface area contributed by atoms with Gasteiger partial charge in [0.25, 0.3) is 5.91 Å². The fourth-order valence-corrected chi connectivity index (χ4v) is 2.05. The van der Waals surface area contributed by atoms with E-state index in [0.29, 0.717) is 12.2 Å². The molecule has 2 rings (SSSR count). The number of methoxy groups -OCH3 is 1. The third-order valence-corrected chi connectivity index (χ3v) is 3.14. The van der Waals surface area contributed by atoms with Gasteiger partial charge >= 0.3 is 0 Å². The Morgan fingerprint density at radius 2 is 2.15 bits per heavy atom. The summed E-state index contributed by atoms with van der Waals surface area (Å²) in [4.78, 5) is 17.2. The number of aromatic amines is 1. The molecule has 0 aliphatic heterocycles. The van der Waals surface area contributed by atoms with E-state index < -0.39 is 0 Å². The summed E-state index contributed by atoms with van der Waals surface area (Å²) < 4.78 is 5.17. The van der Waals surface area contributed by atoms with E-state index in [1.54, 1.807) is 7.11 Å². The molecule has 0 radical (unpaired) electrons. The average molecular weight is 275 g/mol. The second-order valence-corrected chi connectivity index (χ2v) is 5.05. The zero-order valence-electron chi connectivity index (χ0n) is 12.2. The first-order valence-corrected chi connectivity index (χ1v) is 6.70. The Kier molecular flexibility index (Phi) is 4.63. The van der Waals surface area contributed by atoms with Crippen molar-refractivity contribution in [3.63, 3.8) is 0 Å². The van der Waals surface area contributed by atoms with Crippen LogP contribution in [0.15, 0.2) is 24.3 Å². The van der Waals surface area contributed by atoms with Gasteiger partial charge in [0.05, 0.1) is 7.11 Å². The number of nitrogens with one attached hydrogen (secondary N) is 2. The van der Waals surface area contributed by atoms with Crippen molar-refractivity contribution < 1.29 is 9.53 Å². The predicted molar refractivity (Wildman–Crippen MR) is 80.4 cm³/mol. The van der Waals surface area contributed by atoms with Gasteiger partial charge in [0.2, 0.25) is 0 Å². The maximum Gasteiger partial charge on any atom is 0.267 e. The van der Waals surface area contributed by atoms with Crippen LogP contribution < -0.4 is 10.1 Å². The summed E-state index contributed by atoms with van der Waals surface area (Å²) in [5.74, 6) is 0.705. The summed E-state index contributed by atoms with van der Waals surface area (Å²) in [6, 6.07) is 7.57. The second kappa shape index (κ2) is 6.43. The molecule has 2 N–H and O–H groups in total. The average Bonchev–Trinajstić information content (AvgIpc) is 2.85. The molecule has 1 aromatic heterocycles. The van der Waals surface area contributed by atoms with Gasteiger partial charge in [-0.1, -0.05) is 0 Å². The highest BCUT2D eigenvalue weighted by Gasteiger charge is 2.09. The summed E-state index contributed by atoms with van der Waals surface area (Å²) in [6.45, 7) is 1.64. The summed E-state index contributed by atoms with van der Waals surface area (Å²) >= 11 is 0. The summed E-state index contributed by atoms with van der Waals surface area (Å²) in [5, 5.41) is 3.92. The van der Waals surface area contributed by atoms with Gasteiger partial charge < -0.3 is 19.9 Å². The van der Waals surface area contributed by atoms with Crippen LogP contribution in [0.3, 0.4) is 0 Å². The van der Waals surface area contributed by atoms with Crippen molar-refractivity contribution >= 4 is 16.8 Å². The third kappa shape index (κ3) is 3.51. The third-order valence-electron chi connectivity index (χ3n) is 3.14. The lowest BCUT2D eigenvalue weighted by Gasteiger charge is -2.09. The molecule has 1 heterocycles. The van der Waals surface area contributed by atoms with Gasteiger partial charge in [-0.3, -0.25) is 4.79 Å². The lowest BCUT2D eigenvalue weighted by molar-refractivity contribution is 0.0948. The molecule has 0 unspecified atom stereocenters. The van der Waals surface area contributed by atoms with Gasteiger partial charge in [-0.2, -0.15) is 0 Å². The topological polar surface area (TPSA) is 57.4 Å². The smallest absolute Gasteiger partial charge is 0.267 e. The quantitative estimate of drug-likeness (QED) is 0.791. The lowest BCUT2D eigenvalue weighted by atomic mass is 10.2. The van der Waals surface area contributed by atoms with E-state index in [9.17, 15) is 4.79 Å². The predicted octanol–water partition coefficient (Wildman–Crippen LogP) is 1.86. The van der Waals surface area contributed by atoms with Gasteiger partial charge in [-0.25, -0.2) is 0 Å². The minimum atomic E-state index is -0.0704. The zero-order chi connectivity index (χ0) is 14.5. The molecule has 0 aliphatic carbocycles. The number of hydrogen-bond donors (Lipinski definition) is 2. The number of nitrogens with zero attached hydrogens (tertiary/aromatic N) is 1. The molecule has 0 atom stereocenters. The fourth-order valence-electron chi connectivity index (χ4n) is 2.05. The van der Waals surface area contributed by atoms with E-state index in [1.807, 2.05) is 38.4 Å². The van der Waals surface area contributed by atoms with Crippen LogP contribution in [0.2, 0.25) is 0 Å². The molecule has 0 saturated carbocycles. The molecule has 0 bridgehead atoms. The molecule has 0 spiro atoms. The number of ether oxygens (including phenoxy) is 1.